The van der Waals surface area contributed by atoms with Crippen molar-refractivity contribution >= 4 is 38.2 Å². The predicted octanol–water partition coefficient (Wildman–Crippen LogP) is 4.65. The molecule has 0 fully saturated rings. The molecule has 1 aromatic carbocycles. The highest BCUT2D eigenvalue weighted by Gasteiger charge is 2.24. The molecular weight excluding hydrogens is 372 g/mol. The predicted molar refractivity (Wildman–Crippen MR) is 98.8 cm³/mol. The summed E-state index contributed by atoms with van der Waals surface area (Å²) < 4.78 is 1.14. The van der Waals surface area contributed by atoms with E-state index in [1.807, 2.05) is 6.07 Å². The second-order valence-corrected chi connectivity index (χ2v) is 8.23. The summed E-state index contributed by atoms with van der Waals surface area (Å²) in [4.78, 5) is 5.93. The quantitative estimate of drug-likeness (QED) is 0.606. The van der Waals surface area contributed by atoms with Crippen LogP contribution in [-0.4, -0.2) is 10.1 Å². The summed E-state index contributed by atoms with van der Waals surface area (Å²) in [6, 6.07) is 11.0. The van der Waals surface area contributed by atoms with E-state index >= 15 is 0 Å². The fourth-order valence-electron chi connectivity index (χ4n) is 3.47. The van der Waals surface area contributed by atoms with E-state index in [0.29, 0.717) is 6.04 Å². The van der Waals surface area contributed by atoms with E-state index < -0.39 is 0 Å². The summed E-state index contributed by atoms with van der Waals surface area (Å²) in [5.41, 5.74) is 4.04. The SMILES string of the molecule is OCc1ccc(CNC2CCCc3c2[nH]c2ccc(Br)cc32)s1. The third-order valence-electron chi connectivity index (χ3n) is 4.57. The average Bonchev–Trinajstić information content (AvgIpc) is 3.17. The summed E-state index contributed by atoms with van der Waals surface area (Å²) in [6.07, 6.45) is 3.54. The Morgan fingerprint density at radius 1 is 1.26 bits per heavy atom. The highest BCUT2D eigenvalue weighted by Crippen LogP contribution is 2.36. The molecule has 1 aliphatic rings. The highest BCUT2D eigenvalue weighted by atomic mass is 79.9. The third kappa shape index (κ3) is 2.98. The van der Waals surface area contributed by atoms with E-state index in [0.717, 1.165) is 22.3 Å². The number of aliphatic hydroxyl groups is 1. The van der Waals surface area contributed by atoms with Crippen LogP contribution >= 0.6 is 27.3 Å². The van der Waals surface area contributed by atoms with E-state index in [1.54, 1.807) is 11.3 Å². The molecule has 3 N–H and O–H groups in total. The number of aromatic amines is 1. The van der Waals surface area contributed by atoms with Crippen LogP contribution in [0.25, 0.3) is 10.9 Å². The van der Waals surface area contributed by atoms with E-state index in [1.165, 1.54) is 39.9 Å². The second-order valence-electron chi connectivity index (χ2n) is 6.06. The van der Waals surface area contributed by atoms with Crippen LogP contribution in [0.3, 0.4) is 0 Å². The van der Waals surface area contributed by atoms with Gasteiger partial charge in [-0.25, -0.2) is 0 Å². The number of hydrogen-bond donors (Lipinski definition) is 3. The van der Waals surface area contributed by atoms with Crippen molar-refractivity contribution in [2.24, 2.45) is 0 Å². The van der Waals surface area contributed by atoms with E-state index in [2.05, 4.69) is 50.5 Å². The highest BCUT2D eigenvalue weighted by molar-refractivity contribution is 9.10. The first-order valence-corrected chi connectivity index (χ1v) is 9.57. The number of aromatic nitrogens is 1. The minimum Gasteiger partial charge on any atom is -0.391 e. The van der Waals surface area contributed by atoms with Gasteiger partial charge in [-0.2, -0.15) is 0 Å². The summed E-state index contributed by atoms with van der Waals surface area (Å²) in [7, 11) is 0. The van der Waals surface area contributed by atoms with Crippen molar-refractivity contribution in [2.75, 3.05) is 0 Å². The average molecular weight is 391 g/mol. The Morgan fingerprint density at radius 2 is 2.13 bits per heavy atom. The Balaban J connectivity index is 1.58. The van der Waals surface area contributed by atoms with Crippen molar-refractivity contribution in [3.63, 3.8) is 0 Å². The van der Waals surface area contributed by atoms with Gasteiger partial charge in [0, 0.05) is 43.4 Å². The van der Waals surface area contributed by atoms with E-state index in [-0.39, 0.29) is 6.61 Å². The Kier molecular flexibility index (Phi) is 4.28. The standard InChI is InChI=1S/C18H19BrN2OS/c19-11-4-7-16-15(8-11)14-2-1-3-17(18(14)21-16)20-9-12-5-6-13(10-22)23-12/h4-8,17,20-22H,1-3,9-10H2. The minimum absolute atomic E-state index is 0.134. The Bertz CT molecular complexity index is 839. The molecule has 0 radical (unpaired) electrons. The van der Waals surface area contributed by atoms with Gasteiger partial charge < -0.3 is 15.4 Å². The topological polar surface area (TPSA) is 48.0 Å². The maximum atomic E-state index is 9.18. The lowest BCUT2D eigenvalue weighted by atomic mass is 9.91. The van der Waals surface area contributed by atoms with Gasteiger partial charge >= 0.3 is 0 Å². The summed E-state index contributed by atoms with van der Waals surface area (Å²) in [5, 5.41) is 14.2. The van der Waals surface area contributed by atoms with Crippen LogP contribution in [-0.2, 0) is 19.6 Å². The zero-order valence-electron chi connectivity index (χ0n) is 12.7. The third-order valence-corrected chi connectivity index (χ3v) is 6.13. The zero-order chi connectivity index (χ0) is 15.8. The Morgan fingerprint density at radius 3 is 2.96 bits per heavy atom. The number of halogens is 1. The first kappa shape index (κ1) is 15.4. The fraction of sp³-hybridized carbons (Fsp3) is 0.333. The first-order valence-electron chi connectivity index (χ1n) is 7.96. The number of nitrogens with one attached hydrogen (secondary N) is 2. The van der Waals surface area contributed by atoms with Gasteiger partial charge in [-0.3, -0.25) is 0 Å². The van der Waals surface area contributed by atoms with Gasteiger partial charge in [-0.05, 0) is 55.2 Å². The van der Waals surface area contributed by atoms with Crippen LogP contribution in [0, 0.1) is 0 Å². The van der Waals surface area contributed by atoms with Gasteiger partial charge in [0.2, 0.25) is 0 Å². The number of aryl methyl sites for hydroxylation is 1. The maximum absolute atomic E-state index is 9.18. The molecular formula is C18H19BrN2OS. The molecule has 0 saturated heterocycles. The molecule has 2 heterocycles. The van der Waals surface area contributed by atoms with Gasteiger partial charge in [0.1, 0.15) is 0 Å². The Labute approximate surface area is 147 Å². The molecule has 120 valence electrons. The molecule has 1 aliphatic carbocycles. The number of aliphatic hydroxyl groups excluding tert-OH is 1. The monoisotopic (exact) mass is 390 g/mol. The van der Waals surface area contributed by atoms with Crippen molar-refractivity contribution < 1.29 is 5.11 Å². The lowest BCUT2D eigenvalue weighted by molar-refractivity contribution is 0.285. The fourth-order valence-corrected chi connectivity index (χ4v) is 4.66. The van der Waals surface area contributed by atoms with Crippen LogP contribution in [0.15, 0.2) is 34.8 Å². The number of fused-ring (bicyclic) bond motifs is 3. The molecule has 5 heteroatoms. The smallest absolute Gasteiger partial charge is 0.0774 e. The lowest BCUT2D eigenvalue weighted by Crippen LogP contribution is -2.24. The molecule has 2 aromatic heterocycles. The van der Waals surface area contributed by atoms with Crippen LogP contribution in [0.2, 0.25) is 0 Å². The molecule has 23 heavy (non-hydrogen) atoms. The normalized spacial score (nSPS) is 17.6. The zero-order valence-corrected chi connectivity index (χ0v) is 15.1. The minimum atomic E-state index is 0.134. The summed E-state index contributed by atoms with van der Waals surface area (Å²) >= 11 is 5.26. The molecule has 4 rings (SSSR count). The molecule has 0 saturated carbocycles. The second kappa shape index (κ2) is 6.40. The summed E-state index contributed by atoms with van der Waals surface area (Å²) in [5.74, 6) is 0. The molecule has 0 aliphatic heterocycles. The van der Waals surface area contributed by atoms with Gasteiger partial charge in [0.05, 0.1) is 6.61 Å². The molecule has 1 unspecified atom stereocenters. The van der Waals surface area contributed by atoms with Crippen LogP contribution in [0.1, 0.15) is 39.9 Å². The van der Waals surface area contributed by atoms with Crippen molar-refractivity contribution in [2.45, 2.75) is 38.5 Å². The lowest BCUT2D eigenvalue weighted by Gasteiger charge is -2.23. The molecule has 3 aromatic rings. The van der Waals surface area contributed by atoms with Crippen molar-refractivity contribution in [1.29, 1.82) is 0 Å². The van der Waals surface area contributed by atoms with Gasteiger partial charge in [-0.15, -0.1) is 11.3 Å². The van der Waals surface area contributed by atoms with Crippen LogP contribution < -0.4 is 5.32 Å². The number of benzene rings is 1. The van der Waals surface area contributed by atoms with Crippen LogP contribution in [0.5, 0.6) is 0 Å². The maximum Gasteiger partial charge on any atom is 0.0774 e. The first-order chi connectivity index (χ1) is 11.2. The molecule has 0 amide bonds. The molecule has 0 spiro atoms. The summed E-state index contributed by atoms with van der Waals surface area (Å²) in [6.45, 7) is 0.989. The number of H-pyrrole nitrogens is 1. The molecule has 0 bridgehead atoms. The number of rotatable bonds is 4. The van der Waals surface area contributed by atoms with Crippen molar-refractivity contribution in [1.82, 2.24) is 10.3 Å². The van der Waals surface area contributed by atoms with Gasteiger partial charge in [0.25, 0.3) is 0 Å². The van der Waals surface area contributed by atoms with Crippen molar-refractivity contribution in [3.05, 3.63) is 55.8 Å². The Hall–Kier alpha value is -1.14. The van der Waals surface area contributed by atoms with E-state index in [4.69, 9.17) is 0 Å². The largest absolute Gasteiger partial charge is 0.391 e. The van der Waals surface area contributed by atoms with Crippen LogP contribution in [0.4, 0.5) is 0 Å². The van der Waals surface area contributed by atoms with E-state index in [9.17, 15) is 5.11 Å². The molecule has 1 atom stereocenters. The molecule has 3 nitrogen and oxygen atoms in total. The van der Waals surface area contributed by atoms with Gasteiger partial charge in [0.15, 0.2) is 0 Å². The number of hydrogen-bond acceptors (Lipinski definition) is 3. The van der Waals surface area contributed by atoms with Gasteiger partial charge in [-0.1, -0.05) is 15.9 Å². The van der Waals surface area contributed by atoms with Crippen molar-refractivity contribution in [3.8, 4) is 0 Å². The number of thiophene rings is 1.